The molecule has 0 saturated carbocycles. The van der Waals surface area contributed by atoms with Crippen molar-refractivity contribution in [3.8, 4) is 0 Å². The standard InChI is InChI=1S/C24H19/c1-2-8-17(9-3-1)23-16-24-19-11-5-4-10-18(19)14-15-22(24)20-12-6-7-13-21(20)23/h2-3,6-10,12-15H,4-5,11,16H2. The van der Waals surface area contributed by atoms with E-state index >= 15 is 0 Å². The van der Waals surface area contributed by atoms with Gasteiger partial charge in [0.15, 0.2) is 0 Å². The molecule has 0 unspecified atom stereocenters. The Morgan fingerprint density at radius 3 is 2.46 bits per heavy atom. The lowest BCUT2D eigenvalue weighted by Crippen LogP contribution is -2.22. The third-order valence-electron chi connectivity index (χ3n) is 5.43. The molecule has 0 atom stereocenters. The number of benzene rings is 3. The van der Waals surface area contributed by atoms with E-state index in [1.165, 1.54) is 51.3 Å². The van der Waals surface area contributed by atoms with Gasteiger partial charge in [-0.1, -0.05) is 66.7 Å². The molecule has 0 aromatic heterocycles. The predicted molar refractivity (Wildman–Crippen MR) is 98.7 cm³/mol. The van der Waals surface area contributed by atoms with Gasteiger partial charge in [-0.25, -0.2) is 0 Å². The molecule has 0 heteroatoms. The lowest BCUT2D eigenvalue weighted by atomic mass is 9.84. The van der Waals surface area contributed by atoms with Crippen molar-refractivity contribution in [3.05, 3.63) is 104 Å². The van der Waals surface area contributed by atoms with Gasteiger partial charge in [0, 0.05) is 0 Å². The molecular formula is C24H19. The Morgan fingerprint density at radius 1 is 0.750 bits per heavy atom. The van der Waals surface area contributed by atoms with E-state index in [9.17, 15) is 0 Å². The fourth-order valence-corrected chi connectivity index (χ4v) is 4.29. The van der Waals surface area contributed by atoms with Gasteiger partial charge in [-0.3, -0.25) is 0 Å². The number of fused-ring (bicyclic) bond motifs is 4. The van der Waals surface area contributed by atoms with E-state index in [1.807, 2.05) is 12.1 Å². The summed E-state index contributed by atoms with van der Waals surface area (Å²) in [6.45, 7) is 0. The van der Waals surface area contributed by atoms with E-state index in [0.29, 0.717) is 0 Å². The van der Waals surface area contributed by atoms with Crippen molar-refractivity contribution < 1.29 is 0 Å². The van der Waals surface area contributed by atoms with Crippen molar-refractivity contribution in [1.82, 2.24) is 0 Å². The highest BCUT2D eigenvalue weighted by Crippen LogP contribution is 2.24. The summed E-state index contributed by atoms with van der Waals surface area (Å²) in [5.41, 5.74) is 5.90. The molecule has 24 heavy (non-hydrogen) atoms. The van der Waals surface area contributed by atoms with Crippen LogP contribution in [0.15, 0.2) is 60.7 Å². The van der Waals surface area contributed by atoms with E-state index in [0.717, 1.165) is 6.42 Å². The molecule has 0 N–H and O–H groups in total. The van der Waals surface area contributed by atoms with E-state index in [4.69, 9.17) is 0 Å². The Kier molecular flexibility index (Phi) is 3.16. The van der Waals surface area contributed by atoms with Crippen LogP contribution in [0.1, 0.15) is 29.5 Å². The summed E-state index contributed by atoms with van der Waals surface area (Å²) in [5, 5.41) is 5.66. The van der Waals surface area contributed by atoms with Crippen LogP contribution >= 0.6 is 0 Å². The molecule has 3 aromatic carbocycles. The molecule has 2 aliphatic carbocycles. The van der Waals surface area contributed by atoms with Crippen LogP contribution in [-0.4, -0.2) is 0 Å². The second kappa shape index (κ2) is 5.49. The third-order valence-corrected chi connectivity index (χ3v) is 5.43. The maximum Gasteiger partial charge on any atom is -0.000455 e. The lowest BCUT2D eigenvalue weighted by molar-refractivity contribution is 0.823. The molecule has 0 heterocycles. The SMILES string of the molecule is [c]1ccc(C2=c3ccccc3=c3ccc4c(c3C2)CCCC=4)cc1. The van der Waals surface area contributed by atoms with Crippen LogP contribution < -0.4 is 10.4 Å². The summed E-state index contributed by atoms with van der Waals surface area (Å²) >= 11 is 0. The molecule has 0 nitrogen and oxygen atoms in total. The monoisotopic (exact) mass is 307 g/mol. The molecule has 0 fully saturated rings. The Balaban J connectivity index is 1.95. The van der Waals surface area contributed by atoms with Gasteiger partial charge >= 0.3 is 0 Å². The van der Waals surface area contributed by atoms with E-state index in [-0.39, 0.29) is 0 Å². The third kappa shape index (κ3) is 2.06. The van der Waals surface area contributed by atoms with Crippen LogP contribution in [-0.2, 0) is 12.8 Å². The summed E-state index contributed by atoms with van der Waals surface area (Å²) in [6.07, 6.45) is 7.16. The first-order valence-corrected chi connectivity index (χ1v) is 8.82. The summed E-state index contributed by atoms with van der Waals surface area (Å²) in [7, 11) is 0. The second-order valence-corrected chi connectivity index (χ2v) is 6.75. The van der Waals surface area contributed by atoms with Crippen LogP contribution in [0, 0.1) is 16.5 Å². The van der Waals surface area contributed by atoms with Crippen molar-refractivity contribution in [3.63, 3.8) is 0 Å². The molecule has 5 rings (SSSR count). The van der Waals surface area contributed by atoms with E-state index < -0.39 is 0 Å². The van der Waals surface area contributed by atoms with Gasteiger partial charge in [-0.05, 0) is 74.9 Å². The smallest absolute Gasteiger partial charge is 0.000455 e. The molecule has 0 aliphatic heterocycles. The Morgan fingerprint density at radius 2 is 1.58 bits per heavy atom. The summed E-state index contributed by atoms with van der Waals surface area (Å²) in [4.78, 5) is 0. The minimum Gasteiger partial charge on any atom is -0.0770 e. The first-order chi connectivity index (χ1) is 11.9. The average Bonchev–Trinajstić information content (AvgIpc) is 2.67. The Hall–Kier alpha value is -2.60. The fraction of sp³-hybridized carbons (Fsp3) is 0.167. The molecule has 0 amide bonds. The zero-order valence-electron chi connectivity index (χ0n) is 13.7. The molecule has 3 aromatic rings. The quantitative estimate of drug-likeness (QED) is 0.644. The predicted octanol–water partition coefficient (Wildman–Crippen LogP) is 3.65. The van der Waals surface area contributed by atoms with Crippen LogP contribution in [0.5, 0.6) is 0 Å². The van der Waals surface area contributed by atoms with Crippen molar-refractivity contribution >= 4 is 11.6 Å². The van der Waals surface area contributed by atoms with Crippen molar-refractivity contribution in [2.24, 2.45) is 0 Å². The largest absolute Gasteiger partial charge is 0.0770 e. The van der Waals surface area contributed by atoms with Gasteiger partial charge in [0.25, 0.3) is 0 Å². The molecule has 0 saturated heterocycles. The number of hydrogen-bond donors (Lipinski definition) is 0. The minimum absolute atomic E-state index is 1.04. The molecular weight excluding hydrogens is 288 g/mol. The highest BCUT2D eigenvalue weighted by molar-refractivity contribution is 5.70. The molecule has 0 bridgehead atoms. The first kappa shape index (κ1) is 13.8. The zero-order chi connectivity index (χ0) is 15.9. The Bertz CT molecular complexity index is 1130. The Labute approximate surface area is 142 Å². The van der Waals surface area contributed by atoms with Crippen molar-refractivity contribution in [1.29, 1.82) is 0 Å². The van der Waals surface area contributed by atoms with Gasteiger partial charge in [0.05, 0.1) is 0 Å². The van der Waals surface area contributed by atoms with E-state index in [2.05, 4.69) is 60.7 Å². The van der Waals surface area contributed by atoms with Crippen LogP contribution in [0.4, 0.5) is 0 Å². The summed E-state index contributed by atoms with van der Waals surface area (Å²) in [5.74, 6) is 0. The minimum atomic E-state index is 1.04. The van der Waals surface area contributed by atoms with Gasteiger partial charge in [-0.15, -0.1) is 0 Å². The fourth-order valence-electron chi connectivity index (χ4n) is 4.29. The molecule has 0 spiro atoms. The van der Waals surface area contributed by atoms with Crippen molar-refractivity contribution in [2.45, 2.75) is 25.7 Å². The van der Waals surface area contributed by atoms with Gasteiger partial charge in [0.2, 0.25) is 0 Å². The second-order valence-electron chi connectivity index (χ2n) is 6.75. The molecule has 2 aliphatic rings. The first-order valence-electron chi connectivity index (χ1n) is 8.82. The number of rotatable bonds is 1. The lowest BCUT2D eigenvalue weighted by Gasteiger charge is -2.20. The molecule has 115 valence electrons. The topological polar surface area (TPSA) is 0 Å². The highest BCUT2D eigenvalue weighted by atomic mass is 14.2. The molecule has 1 radical (unpaired) electrons. The maximum absolute atomic E-state index is 3.15. The average molecular weight is 307 g/mol. The van der Waals surface area contributed by atoms with Crippen LogP contribution in [0.25, 0.3) is 11.6 Å². The highest BCUT2D eigenvalue weighted by Gasteiger charge is 2.16. The number of hydrogen-bond acceptors (Lipinski definition) is 0. The van der Waals surface area contributed by atoms with Gasteiger partial charge in [0.1, 0.15) is 0 Å². The van der Waals surface area contributed by atoms with E-state index in [1.54, 1.807) is 11.1 Å². The van der Waals surface area contributed by atoms with Gasteiger partial charge in [-0.2, -0.15) is 0 Å². The van der Waals surface area contributed by atoms with Crippen molar-refractivity contribution in [2.75, 3.05) is 0 Å². The van der Waals surface area contributed by atoms with Gasteiger partial charge < -0.3 is 0 Å². The van der Waals surface area contributed by atoms with Crippen LogP contribution in [0.3, 0.4) is 0 Å². The van der Waals surface area contributed by atoms with Crippen LogP contribution in [0.2, 0.25) is 0 Å². The summed E-state index contributed by atoms with van der Waals surface area (Å²) < 4.78 is 0. The maximum atomic E-state index is 3.15. The normalized spacial score (nSPS) is 15.1. The summed E-state index contributed by atoms with van der Waals surface area (Å²) in [6, 6.07) is 25.1. The zero-order valence-corrected chi connectivity index (χ0v) is 13.7.